The van der Waals surface area contributed by atoms with Crippen LogP contribution in [0.15, 0.2) is 48.5 Å². The number of aryl methyl sites for hydroxylation is 2. The van der Waals surface area contributed by atoms with E-state index in [1.807, 2.05) is 6.92 Å². The van der Waals surface area contributed by atoms with Crippen LogP contribution in [0.1, 0.15) is 55.3 Å². The lowest BCUT2D eigenvalue weighted by Crippen LogP contribution is -2.27. The van der Waals surface area contributed by atoms with Crippen molar-refractivity contribution in [1.29, 1.82) is 0 Å². The van der Waals surface area contributed by atoms with Gasteiger partial charge in [0.25, 0.3) is 5.91 Å². The first-order valence-corrected chi connectivity index (χ1v) is 9.60. The average Bonchev–Trinajstić information content (AvgIpc) is 3.05. The third-order valence-corrected chi connectivity index (χ3v) is 4.78. The summed E-state index contributed by atoms with van der Waals surface area (Å²) in [5, 5.41) is 7.23. The number of methoxy groups -OCH3 is 1. The summed E-state index contributed by atoms with van der Waals surface area (Å²) in [6, 6.07) is 13.1. The molecule has 160 valence electrons. The van der Waals surface area contributed by atoms with Crippen molar-refractivity contribution in [3.63, 3.8) is 0 Å². The van der Waals surface area contributed by atoms with Gasteiger partial charge in [0, 0.05) is 12.6 Å². The number of aromatic nitrogens is 2. The Kier molecular flexibility index (Phi) is 6.49. The van der Waals surface area contributed by atoms with Gasteiger partial charge in [0.1, 0.15) is 17.6 Å². The van der Waals surface area contributed by atoms with Crippen LogP contribution in [0, 0.1) is 6.92 Å². The van der Waals surface area contributed by atoms with Crippen LogP contribution in [-0.4, -0.2) is 35.1 Å². The lowest BCUT2D eigenvalue weighted by molar-refractivity contribution is 0.0600. The molecular weight excluding hydrogens is 398 g/mol. The molecule has 0 bridgehead atoms. The zero-order valence-electron chi connectivity index (χ0n) is 17.7. The molecule has 8 heteroatoms. The van der Waals surface area contributed by atoms with E-state index in [9.17, 15) is 14.4 Å². The highest BCUT2D eigenvalue weighted by molar-refractivity contribution is 5.98. The van der Waals surface area contributed by atoms with E-state index in [0.717, 1.165) is 11.8 Å². The van der Waals surface area contributed by atoms with E-state index in [0.29, 0.717) is 28.1 Å². The van der Waals surface area contributed by atoms with Crippen LogP contribution >= 0.6 is 0 Å². The summed E-state index contributed by atoms with van der Waals surface area (Å²) in [5.41, 5.74) is 2.53. The fraction of sp³-hybridized carbons (Fsp3) is 0.217. The fourth-order valence-electron chi connectivity index (χ4n) is 3.16. The number of rotatable bonds is 7. The first-order valence-electron chi connectivity index (χ1n) is 9.60. The second-order valence-electron chi connectivity index (χ2n) is 6.99. The summed E-state index contributed by atoms with van der Waals surface area (Å²) in [6.07, 6.45) is 0.724. The van der Waals surface area contributed by atoms with E-state index < -0.39 is 5.97 Å². The number of carbonyl (C=O) groups excluding carboxylic acids is 3. The molecule has 1 N–H and O–H groups in total. The van der Waals surface area contributed by atoms with Gasteiger partial charge in [-0.1, -0.05) is 24.3 Å². The monoisotopic (exact) mass is 421 g/mol. The Morgan fingerprint density at radius 1 is 1.16 bits per heavy atom. The van der Waals surface area contributed by atoms with Crippen LogP contribution in [0.4, 0.5) is 0 Å². The zero-order chi connectivity index (χ0) is 22.5. The number of hydrogen-bond donors (Lipinski definition) is 1. The number of ether oxygens (including phenoxy) is 2. The highest BCUT2D eigenvalue weighted by atomic mass is 16.5. The molecule has 0 saturated heterocycles. The SMILES string of the molecule is COC(=O)c1ccc([C@H](C)NC(=O)c2c(C)nn(C)c2Oc2cccc(C=O)c2)cc1. The van der Waals surface area contributed by atoms with Crippen molar-refractivity contribution < 1.29 is 23.9 Å². The third kappa shape index (κ3) is 4.80. The largest absolute Gasteiger partial charge is 0.465 e. The molecule has 2 aromatic carbocycles. The Hall–Kier alpha value is -3.94. The van der Waals surface area contributed by atoms with Gasteiger partial charge >= 0.3 is 5.97 Å². The smallest absolute Gasteiger partial charge is 0.337 e. The lowest BCUT2D eigenvalue weighted by atomic mass is 10.1. The molecule has 0 unspecified atom stereocenters. The van der Waals surface area contributed by atoms with Crippen LogP contribution in [-0.2, 0) is 11.8 Å². The number of carbonyl (C=O) groups is 3. The maximum absolute atomic E-state index is 13.0. The van der Waals surface area contributed by atoms with Crippen LogP contribution < -0.4 is 10.1 Å². The van der Waals surface area contributed by atoms with Crippen molar-refractivity contribution >= 4 is 18.2 Å². The molecular formula is C23H23N3O5. The minimum atomic E-state index is -0.422. The van der Waals surface area contributed by atoms with Gasteiger partial charge in [0.15, 0.2) is 0 Å². The first kappa shape index (κ1) is 21.8. The van der Waals surface area contributed by atoms with Gasteiger partial charge < -0.3 is 14.8 Å². The minimum Gasteiger partial charge on any atom is -0.465 e. The number of nitrogens with one attached hydrogen (secondary N) is 1. The van der Waals surface area contributed by atoms with Gasteiger partial charge in [-0.15, -0.1) is 0 Å². The number of aldehydes is 1. The standard InChI is InChI=1S/C23H23N3O5/c1-14(17-8-10-18(11-9-17)23(29)30-4)24-21(28)20-15(2)25-26(3)22(20)31-19-7-5-6-16(12-19)13-27/h5-14H,1-4H3,(H,24,28)/t14-/m0/s1. The molecule has 0 radical (unpaired) electrons. The number of esters is 1. The van der Waals surface area contributed by atoms with Gasteiger partial charge in [-0.3, -0.25) is 9.59 Å². The Labute approximate surface area is 179 Å². The van der Waals surface area contributed by atoms with E-state index in [4.69, 9.17) is 9.47 Å². The van der Waals surface area contributed by atoms with Crippen molar-refractivity contribution in [1.82, 2.24) is 15.1 Å². The third-order valence-electron chi connectivity index (χ3n) is 4.78. The predicted molar refractivity (Wildman–Crippen MR) is 114 cm³/mol. The van der Waals surface area contributed by atoms with Crippen molar-refractivity contribution in [2.45, 2.75) is 19.9 Å². The molecule has 3 aromatic rings. The van der Waals surface area contributed by atoms with E-state index in [1.165, 1.54) is 11.8 Å². The predicted octanol–water partition coefficient (Wildman–Crippen LogP) is 3.61. The van der Waals surface area contributed by atoms with E-state index >= 15 is 0 Å². The van der Waals surface area contributed by atoms with E-state index in [-0.39, 0.29) is 17.8 Å². The second kappa shape index (κ2) is 9.25. The van der Waals surface area contributed by atoms with Crippen LogP contribution in [0.2, 0.25) is 0 Å². The maximum atomic E-state index is 13.0. The van der Waals surface area contributed by atoms with Gasteiger partial charge in [-0.25, -0.2) is 9.48 Å². The number of benzene rings is 2. The molecule has 0 spiro atoms. The second-order valence-corrected chi connectivity index (χ2v) is 6.99. The molecule has 1 heterocycles. The number of hydrogen-bond acceptors (Lipinski definition) is 6. The Balaban J connectivity index is 1.81. The van der Waals surface area contributed by atoms with Gasteiger partial charge in [-0.2, -0.15) is 5.10 Å². The van der Waals surface area contributed by atoms with Crippen molar-refractivity contribution in [2.24, 2.45) is 7.05 Å². The summed E-state index contributed by atoms with van der Waals surface area (Å²) >= 11 is 0. The molecule has 31 heavy (non-hydrogen) atoms. The highest BCUT2D eigenvalue weighted by Gasteiger charge is 2.24. The van der Waals surface area contributed by atoms with E-state index in [1.54, 1.807) is 62.5 Å². The highest BCUT2D eigenvalue weighted by Crippen LogP contribution is 2.28. The van der Waals surface area contributed by atoms with Gasteiger partial charge in [0.2, 0.25) is 5.88 Å². The van der Waals surface area contributed by atoms with Crippen LogP contribution in [0.25, 0.3) is 0 Å². The molecule has 8 nitrogen and oxygen atoms in total. The van der Waals surface area contributed by atoms with Crippen molar-refractivity contribution in [3.05, 3.63) is 76.5 Å². The molecule has 1 atom stereocenters. The van der Waals surface area contributed by atoms with Crippen LogP contribution in [0.5, 0.6) is 11.6 Å². The molecule has 0 aliphatic rings. The Morgan fingerprint density at radius 3 is 2.52 bits per heavy atom. The van der Waals surface area contributed by atoms with Gasteiger partial charge in [-0.05, 0) is 43.7 Å². The van der Waals surface area contributed by atoms with Crippen molar-refractivity contribution in [3.8, 4) is 11.6 Å². The zero-order valence-corrected chi connectivity index (χ0v) is 17.7. The topological polar surface area (TPSA) is 99.5 Å². The first-order chi connectivity index (χ1) is 14.8. The van der Waals surface area contributed by atoms with Crippen molar-refractivity contribution in [2.75, 3.05) is 7.11 Å². The molecule has 1 amide bonds. The average molecular weight is 421 g/mol. The summed E-state index contributed by atoms with van der Waals surface area (Å²) in [5.74, 6) is -0.0780. The maximum Gasteiger partial charge on any atom is 0.337 e. The minimum absolute atomic E-state index is 0.270. The molecule has 1 aromatic heterocycles. The Morgan fingerprint density at radius 2 is 1.87 bits per heavy atom. The summed E-state index contributed by atoms with van der Waals surface area (Å²) in [4.78, 5) is 35.7. The van der Waals surface area contributed by atoms with E-state index in [2.05, 4.69) is 10.4 Å². The summed E-state index contributed by atoms with van der Waals surface area (Å²) < 4.78 is 12.1. The molecule has 0 aliphatic heterocycles. The number of nitrogens with zero attached hydrogens (tertiary/aromatic N) is 2. The molecule has 0 saturated carbocycles. The quantitative estimate of drug-likeness (QED) is 0.462. The summed E-state index contributed by atoms with van der Waals surface area (Å²) in [7, 11) is 3.00. The molecule has 0 aliphatic carbocycles. The van der Waals surface area contributed by atoms with Crippen LogP contribution in [0.3, 0.4) is 0 Å². The Bertz CT molecular complexity index is 1120. The van der Waals surface area contributed by atoms with Gasteiger partial charge in [0.05, 0.1) is 24.4 Å². The number of amides is 1. The molecule has 0 fully saturated rings. The lowest BCUT2D eigenvalue weighted by Gasteiger charge is -2.15. The fourth-order valence-corrected chi connectivity index (χ4v) is 3.16. The summed E-state index contributed by atoms with van der Waals surface area (Å²) in [6.45, 7) is 3.56. The molecule has 3 rings (SSSR count). The normalized spacial score (nSPS) is 11.5.